The van der Waals surface area contributed by atoms with Gasteiger partial charge in [-0.25, -0.2) is 0 Å². The summed E-state index contributed by atoms with van der Waals surface area (Å²) >= 11 is 1.22. The van der Waals surface area contributed by atoms with Crippen molar-refractivity contribution in [3.05, 3.63) is 111 Å². The van der Waals surface area contributed by atoms with E-state index in [1.807, 2.05) is 49.4 Å². The van der Waals surface area contributed by atoms with Crippen LogP contribution in [0.5, 0.6) is 5.75 Å². The molecule has 5 rings (SSSR count). The second-order valence-electron chi connectivity index (χ2n) is 9.17. The number of hydrogen-bond donors (Lipinski definition) is 1. The Hall–Kier alpha value is -4.30. The SMILES string of the molecule is CCc1ccc([C@@H]2/C(=C(\O)c3ccc(OCc4cccc(C)c4)cc3)C(=O)C(=O)N2c2nnc(C)s2)cc1. The molecule has 1 N–H and O–H groups in total. The summed E-state index contributed by atoms with van der Waals surface area (Å²) in [5, 5.41) is 20.5. The summed E-state index contributed by atoms with van der Waals surface area (Å²) in [5.74, 6) is -1.13. The second kappa shape index (κ2) is 10.6. The van der Waals surface area contributed by atoms with Crippen molar-refractivity contribution in [3.8, 4) is 5.75 Å². The quantitative estimate of drug-likeness (QED) is 0.183. The Kier molecular flexibility index (Phi) is 7.07. The van der Waals surface area contributed by atoms with Crippen molar-refractivity contribution in [1.82, 2.24) is 10.2 Å². The summed E-state index contributed by atoms with van der Waals surface area (Å²) < 4.78 is 5.89. The maximum Gasteiger partial charge on any atom is 0.301 e. The molecule has 7 nitrogen and oxygen atoms in total. The van der Waals surface area contributed by atoms with E-state index in [0.29, 0.717) is 33.6 Å². The molecule has 0 radical (unpaired) electrons. The van der Waals surface area contributed by atoms with Crippen LogP contribution in [-0.4, -0.2) is 27.0 Å². The summed E-state index contributed by atoms with van der Waals surface area (Å²) in [6.45, 7) is 6.28. The molecule has 1 aromatic heterocycles. The van der Waals surface area contributed by atoms with E-state index in [0.717, 1.165) is 23.1 Å². The highest BCUT2D eigenvalue weighted by molar-refractivity contribution is 7.15. The van der Waals surface area contributed by atoms with Gasteiger partial charge in [-0.1, -0.05) is 72.4 Å². The van der Waals surface area contributed by atoms with E-state index in [1.165, 1.54) is 16.2 Å². The van der Waals surface area contributed by atoms with Gasteiger partial charge < -0.3 is 9.84 Å². The Morgan fingerprint density at radius 2 is 1.71 bits per heavy atom. The fraction of sp³-hybridized carbons (Fsp3) is 0.200. The zero-order valence-corrected chi connectivity index (χ0v) is 22.2. The first-order valence-corrected chi connectivity index (χ1v) is 13.2. The summed E-state index contributed by atoms with van der Waals surface area (Å²) in [6.07, 6.45) is 0.856. The Labute approximate surface area is 225 Å². The minimum atomic E-state index is -0.828. The van der Waals surface area contributed by atoms with E-state index in [2.05, 4.69) is 23.2 Å². The van der Waals surface area contributed by atoms with Crippen LogP contribution >= 0.6 is 11.3 Å². The van der Waals surface area contributed by atoms with Crippen molar-refractivity contribution >= 4 is 33.9 Å². The zero-order valence-electron chi connectivity index (χ0n) is 21.3. The number of aliphatic hydroxyl groups is 1. The van der Waals surface area contributed by atoms with Gasteiger partial charge in [0.15, 0.2) is 0 Å². The first-order valence-electron chi connectivity index (χ1n) is 12.3. The molecule has 1 aliphatic heterocycles. The number of nitrogens with zero attached hydrogens (tertiary/aromatic N) is 3. The Morgan fingerprint density at radius 1 is 0.974 bits per heavy atom. The predicted octanol–water partition coefficient (Wildman–Crippen LogP) is 5.92. The van der Waals surface area contributed by atoms with Crippen molar-refractivity contribution in [3.63, 3.8) is 0 Å². The fourth-order valence-electron chi connectivity index (χ4n) is 4.50. The maximum atomic E-state index is 13.3. The average Bonchev–Trinajstić information content (AvgIpc) is 3.47. The summed E-state index contributed by atoms with van der Waals surface area (Å²) in [4.78, 5) is 27.8. The Morgan fingerprint density at radius 3 is 2.34 bits per heavy atom. The monoisotopic (exact) mass is 525 g/mol. The van der Waals surface area contributed by atoms with Crippen LogP contribution in [0.3, 0.4) is 0 Å². The minimum Gasteiger partial charge on any atom is -0.507 e. The number of aromatic nitrogens is 2. The number of aryl methyl sites for hydroxylation is 3. The van der Waals surface area contributed by atoms with E-state index in [4.69, 9.17) is 4.74 Å². The molecule has 8 heteroatoms. The third-order valence-electron chi connectivity index (χ3n) is 6.49. The molecule has 1 atom stereocenters. The second-order valence-corrected chi connectivity index (χ2v) is 10.3. The van der Waals surface area contributed by atoms with Crippen LogP contribution in [0.4, 0.5) is 5.13 Å². The topological polar surface area (TPSA) is 92.6 Å². The van der Waals surface area contributed by atoms with E-state index < -0.39 is 17.7 Å². The van der Waals surface area contributed by atoms with Crippen LogP contribution < -0.4 is 9.64 Å². The van der Waals surface area contributed by atoms with Gasteiger partial charge in [0.2, 0.25) is 5.13 Å². The Bertz CT molecular complexity index is 1520. The van der Waals surface area contributed by atoms with E-state index in [9.17, 15) is 14.7 Å². The predicted molar refractivity (Wildman–Crippen MR) is 147 cm³/mol. The molecule has 1 saturated heterocycles. The van der Waals surface area contributed by atoms with Crippen molar-refractivity contribution in [2.75, 3.05) is 4.90 Å². The first-order chi connectivity index (χ1) is 18.4. The van der Waals surface area contributed by atoms with Gasteiger partial charge in [0, 0.05) is 5.56 Å². The number of anilines is 1. The standard InChI is InChI=1S/C30H27N3O4S/c1-4-20-8-10-22(11-9-20)26-25(28(35)29(36)33(26)30-32-31-19(3)38-30)27(34)23-12-14-24(15-13-23)37-17-21-7-5-6-18(2)16-21/h5-16,26,34H,4,17H2,1-3H3/b27-25+/t26-/m1/s1. The summed E-state index contributed by atoms with van der Waals surface area (Å²) in [7, 11) is 0. The van der Waals surface area contributed by atoms with Crippen LogP contribution in [0.1, 0.15) is 45.8 Å². The van der Waals surface area contributed by atoms with Crippen molar-refractivity contribution in [2.45, 2.75) is 39.8 Å². The lowest BCUT2D eigenvalue weighted by Crippen LogP contribution is -2.29. The molecule has 1 amide bonds. The molecular formula is C30H27N3O4S. The minimum absolute atomic E-state index is 0.0144. The van der Waals surface area contributed by atoms with Crippen molar-refractivity contribution < 1.29 is 19.4 Å². The molecule has 0 aliphatic carbocycles. The van der Waals surface area contributed by atoms with Crippen molar-refractivity contribution in [1.29, 1.82) is 0 Å². The number of hydrogen-bond acceptors (Lipinski definition) is 7. The van der Waals surface area contributed by atoms with Crippen LogP contribution in [0.2, 0.25) is 0 Å². The van der Waals surface area contributed by atoms with E-state index in [-0.39, 0.29) is 11.3 Å². The van der Waals surface area contributed by atoms with E-state index >= 15 is 0 Å². The molecule has 3 aromatic carbocycles. The number of Topliss-reactive ketones (excluding diaryl/α,β-unsaturated/α-hetero) is 1. The number of benzene rings is 3. The Balaban J connectivity index is 1.50. The van der Waals surface area contributed by atoms with Gasteiger partial charge in [0.25, 0.3) is 5.78 Å². The molecule has 0 unspecified atom stereocenters. The molecule has 1 aliphatic rings. The molecule has 0 spiro atoms. The highest BCUT2D eigenvalue weighted by atomic mass is 32.1. The van der Waals surface area contributed by atoms with Gasteiger partial charge in [0.1, 0.15) is 23.1 Å². The third kappa shape index (κ3) is 4.95. The lowest BCUT2D eigenvalue weighted by atomic mass is 9.94. The number of ketones is 1. The van der Waals surface area contributed by atoms with E-state index in [1.54, 1.807) is 31.2 Å². The third-order valence-corrected chi connectivity index (χ3v) is 7.32. The van der Waals surface area contributed by atoms with Gasteiger partial charge >= 0.3 is 5.91 Å². The molecule has 1 fully saturated rings. The number of rotatable bonds is 7. The van der Waals surface area contributed by atoms with Crippen LogP contribution in [-0.2, 0) is 22.6 Å². The smallest absolute Gasteiger partial charge is 0.301 e. The average molecular weight is 526 g/mol. The van der Waals surface area contributed by atoms with Gasteiger partial charge in [-0.2, -0.15) is 0 Å². The molecule has 192 valence electrons. The number of aliphatic hydroxyl groups excluding tert-OH is 1. The number of carbonyl (C=O) groups excluding carboxylic acids is 2. The van der Waals surface area contributed by atoms with Gasteiger partial charge in [-0.15, -0.1) is 10.2 Å². The zero-order chi connectivity index (χ0) is 26.8. The van der Waals surface area contributed by atoms with Gasteiger partial charge in [-0.3, -0.25) is 14.5 Å². The summed E-state index contributed by atoms with van der Waals surface area (Å²) in [6, 6.07) is 21.8. The molecule has 0 bridgehead atoms. The first kappa shape index (κ1) is 25.4. The lowest BCUT2D eigenvalue weighted by molar-refractivity contribution is -0.132. The van der Waals surface area contributed by atoms with Crippen LogP contribution in [0.25, 0.3) is 5.76 Å². The molecule has 4 aromatic rings. The normalized spacial score (nSPS) is 16.7. The molecule has 2 heterocycles. The fourth-order valence-corrected chi connectivity index (χ4v) is 5.21. The van der Waals surface area contributed by atoms with Crippen molar-refractivity contribution in [2.24, 2.45) is 0 Å². The highest BCUT2D eigenvalue weighted by Crippen LogP contribution is 2.43. The largest absolute Gasteiger partial charge is 0.507 e. The van der Waals surface area contributed by atoms with Crippen LogP contribution in [0, 0.1) is 13.8 Å². The molecule has 0 saturated carbocycles. The molecule has 38 heavy (non-hydrogen) atoms. The molecular weight excluding hydrogens is 498 g/mol. The van der Waals surface area contributed by atoms with Crippen LogP contribution in [0.15, 0.2) is 78.4 Å². The number of ether oxygens (including phenoxy) is 1. The summed E-state index contributed by atoms with van der Waals surface area (Å²) in [5.41, 5.74) is 4.46. The van der Waals surface area contributed by atoms with Gasteiger partial charge in [0.05, 0.1) is 11.6 Å². The maximum absolute atomic E-state index is 13.3. The number of carbonyl (C=O) groups is 2. The highest BCUT2D eigenvalue weighted by Gasteiger charge is 2.48. The van der Waals surface area contributed by atoms with Gasteiger partial charge in [-0.05, 0) is 61.2 Å². The number of amides is 1. The lowest BCUT2D eigenvalue weighted by Gasteiger charge is -2.22.